The number of halogens is 1. The molecule has 19 heavy (non-hydrogen) atoms. The Hall–Kier alpha value is -0.840. The fraction of sp³-hybridized carbons (Fsp3) is 0.643. The van der Waals surface area contributed by atoms with Crippen molar-refractivity contribution < 1.29 is 4.74 Å². The van der Waals surface area contributed by atoms with Gasteiger partial charge in [-0.15, -0.1) is 12.4 Å². The second-order valence-corrected chi connectivity index (χ2v) is 5.62. The van der Waals surface area contributed by atoms with Gasteiger partial charge in [0, 0.05) is 30.9 Å². The zero-order valence-electron chi connectivity index (χ0n) is 12.0. The van der Waals surface area contributed by atoms with Crippen molar-refractivity contribution in [3.8, 4) is 5.75 Å². The van der Waals surface area contributed by atoms with Crippen LogP contribution in [-0.4, -0.2) is 36.6 Å². The molecule has 0 radical (unpaired) electrons. The number of nitrogens with zero attached hydrogens (tertiary/aromatic N) is 2. The van der Waals surface area contributed by atoms with Crippen LogP contribution in [0.5, 0.6) is 5.75 Å². The largest absolute Gasteiger partial charge is 0.497 e. The number of aryl methyl sites for hydroxylation is 1. The van der Waals surface area contributed by atoms with Crippen LogP contribution < -0.4 is 10.5 Å². The van der Waals surface area contributed by atoms with Crippen LogP contribution in [0.1, 0.15) is 24.7 Å². The molecule has 1 fully saturated rings. The second kappa shape index (κ2) is 6.55. The third-order valence-electron chi connectivity index (χ3n) is 3.73. The SMILES string of the molecule is COc1cc(C)nc(CN2CCC(C)(CN)C2)c1.Cl. The number of hydrogen-bond donors (Lipinski definition) is 1. The van der Waals surface area contributed by atoms with E-state index in [-0.39, 0.29) is 17.8 Å². The Morgan fingerprint density at radius 1 is 1.47 bits per heavy atom. The number of rotatable bonds is 4. The lowest BCUT2D eigenvalue weighted by molar-refractivity contribution is 0.271. The summed E-state index contributed by atoms with van der Waals surface area (Å²) < 4.78 is 5.28. The summed E-state index contributed by atoms with van der Waals surface area (Å²) in [6.07, 6.45) is 1.17. The van der Waals surface area contributed by atoms with Crippen LogP contribution in [0.25, 0.3) is 0 Å². The molecule has 1 unspecified atom stereocenters. The number of aromatic nitrogens is 1. The standard InChI is InChI=1S/C14H23N3O.ClH/c1-11-6-13(18-3)7-12(16-11)8-17-5-4-14(2,9-15)10-17;/h6-7H,4-5,8-10,15H2,1-3H3;1H. The van der Waals surface area contributed by atoms with Gasteiger partial charge in [0.25, 0.3) is 0 Å². The number of likely N-dealkylation sites (tertiary alicyclic amines) is 1. The highest BCUT2D eigenvalue weighted by atomic mass is 35.5. The van der Waals surface area contributed by atoms with Crippen LogP contribution in [0, 0.1) is 12.3 Å². The molecule has 0 aromatic carbocycles. The van der Waals surface area contributed by atoms with Crippen LogP contribution in [0.4, 0.5) is 0 Å². The maximum atomic E-state index is 5.83. The normalized spacial score (nSPS) is 23.2. The van der Waals surface area contributed by atoms with E-state index < -0.39 is 0 Å². The van der Waals surface area contributed by atoms with Gasteiger partial charge in [-0.1, -0.05) is 6.92 Å². The third kappa shape index (κ3) is 4.06. The van der Waals surface area contributed by atoms with E-state index >= 15 is 0 Å². The van der Waals surface area contributed by atoms with Gasteiger partial charge in [-0.05, 0) is 31.8 Å². The van der Waals surface area contributed by atoms with Crippen molar-refractivity contribution >= 4 is 12.4 Å². The summed E-state index contributed by atoms with van der Waals surface area (Å²) >= 11 is 0. The van der Waals surface area contributed by atoms with E-state index in [1.807, 2.05) is 19.1 Å². The first-order valence-electron chi connectivity index (χ1n) is 6.49. The van der Waals surface area contributed by atoms with E-state index in [0.29, 0.717) is 0 Å². The molecule has 0 bridgehead atoms. The fourth-order valence-electron chi connectivity index (χ4n) is 2.56. The van der Waals surface area contributed by atoms with Gasteiger partial charge in [0.2, 0.25) is 0 Å². The molecule has 0 amide bonds. The molecule has 1 aromatic heterocycles. The molecule has 4 nitrogen and oxygen atoms in total. The highest BCUT2D eigenvalue weighted by molar-refractivity contribution is 5.85. The number of hydrogen-bond acceptors (Lipinski definition) is 4. The van der Waals surface area contributed by atoms with E-state index in [4.69, 9.17) is 10.5 Å². The molecule has 1 saturated heterocycles. The highest BCUT2D eigenvalue weighted by Gasteiger charge is 2.32. The van der Waals surface area contributed by atoms with Crippen molar-refractivity contribution in [2.24, 2.45) is 11.1 Å². The van der Waals surface area contributed by atoms with Gasteiger partial charge in [-0.2, -0.15) is 0 Å². The lowest BCUT2D eigenvalue weighted by Gasteiger charge is -2.22. The lowest BCUT2D eigenvalue weighted by Crippen LogP contribution is -2.31. The first kappa shape index (κ1) is 16.2. The van der Waals surface area contributed by atoms with Crippen LogP contribution in [0.2, 0.25) is 0 Å². The summed E-state index contributed by atoms with van der Waals surface area (Å²) in [5.41, 5.74) is 8.18. The minimum atomic E-state index is 0. The van der Waals surface area contributed by atoms with Gasteiger partial charge in [0.1, 0.15) is 5.75 Å². The van der Waals surface area contributed by atoms with E-state index in [0.717, 1.165) is 43.3 Å². The Morgan fingerprint density at radius 2 is 2.21 bits per heavy atom. The minimum Gasteiger partial charge on any atom is -0.497 e. The first-order chi connectivity index (χ1) is 8.54. The maximum absolute atomic E-state index is 5.83. The topological polar surface area (TPSA) is 51.4 Å². The predicted octanol–water partition coefficient (Wildman–Crippen LogP) is 1.99. The zero-order chi connectivity index (χ0) is 13.2. The summed E-state index contributed by atoms with van der Waals surface area (Å²) in [5.74, 6) is 0.887. The molecule has 5 heteroatoms. The van der Waals surface area contributed by atoms with Crippen LogP contribution >= 0.6 is 12.4 Å². The summed E-state index contributed by atoms with van der Waals surface area (Å²) in [5, 5.41) is 0. The molecule has 1 atom stereocenters. The predicted molar refractivity (Wildman–Crippen MR) is 79.8 cm³/mol. The maximum Gasteiger partial charge on any atom is 0.122 e. The molecule has 1 aliphatic rings. The molecular weight excluding hydrogens is 262 g/mol. The Balaban J connectivity index is 0.00000180. The van der Waals surface area contributed by atoms with Gasteiger partial charge in [-0.25, -0.2) is 0 Å². The van der Waals surface area contributed by atoms with Gasteiger partial charge < -0.3 is 10.5 Å². The highest BCUT2D eigenvalue weighted by Crippen LogP contribution is 2.29. The number of pyridine rings is 1. The number of methoxy groups -OCH3 is 1. The summed E-state index contributed by atoms with van der Waals surface area (Å²) in [4.78, 5) is 6.99. The monoisotopic (exact) mass is 285 g/mol. The Kier molecular flexibility index (Phi) is 5.59. The van der Waals surface area contributed by atoms with Crippen molar-refractivity contribution in [2.45, 2.75) is 26.8 Å². The average Bonchev–Trinajstić information content (AvgIpc) is 2.71. The molecule has 1 aliphatic heterocycles. The molecule has 2 N–H and O–H groups in total. The second-order valence-electron chi connectivity index (χ2n) is 5.62. The van der Waals surface area contributed by atoms with Crippen LogP contribution in [0.15, 0.2) is 12.1 Å². The molecule has 1 aromatic rings. The lowest BCUT2D eigenvalue weighted by atomic mass is 9.90. The van der Waals surface area contributed by atoms with E-state index in [9.17, 15) is 0 Å². The quantitative estimate of drug-likeness (QED) is 0.919. The zero-order valence-corrected chi connectivity index (χ0v) is 12.8. The van der Waals surface area contributed by atoms with Crippen molar-refractivity contribution in [3.05, 3.63) is 23.5 Å². The molecule has 0 aliphatic carbocycles. The molecule has 0 spiro atoms. The molecule has 108 valence electrons. The smallest absolute Gasteiger partial charge is 0.122 e. The van der Waals surface area contributed by atoms with Crippen molar-refractivity contribution in [1.29, 1.82) is 0 Å². The Labute approximate surface area is 121 Å². The van der Waals surface area contributed by atoms with Crippen molar-refractivity contribution in [2.75, 3.05) is 26.7 Å². The van der Waals surface area contributed by atoms with Crippen LogP contribution in [0.3, 0.4) is 0 Å². The van der Waals surface area contributed by atoms with Gasteiger partial charge in [-0.3, -0.25) is 9.88 Å². The Bertz CT molecular complexity index is 427. The average molecular weight is 286 g/mol. The summed E-state index contributed by atoms with van der Waals surface area (Å²) in [7, 11) is 1.69. The first-order valence-corrected chi connectivity index (χ1v) is 6.49. The summed E-state index contributed by atoms with van der Waals surface area (Å²) in [6.45, 7) is 8.06. The van der Waals surface area contributed by atoms with Gasteiger partial charge in [0.05, 0.1) is 12.8 Å². The minimum absolute atomic E-state index is 0. The van der Waals surface area contributed by atoms with Crippen molar-refractivity contribution in [1.82, 2.24) is 9.88 Å². The molecule has 2 heterocycles. The van der Waals surface area contributed by atoms with E-state index in [1.165, 1.54) is 6.42 Å². The van der Waals surface area contributed by atoms with Gasteiger partial charge in [0.15, 0.2) is 0 Å². The van der Waals surface area contributed by atoms with E-state index in [2.05, 4.69) is 16.8 Å². The fourth-order valence-corrected chi connectivity index (χ4v) is 2.56. The third-order valence-corrected chi connectivity index (χ3v) is 3.73. The number of ether oxygens (including phenoxy) is 1. The van der Waals surface area contributed by atoms with E-state index in [1.54, 1.807) is 7.11 Å². The van der Waals surface area contributed by atoms with Crippen LogP contribution in [-0.2, 0) is 6.54 Å². The molecular formula is C14H24ClN3O. The molecule has 2 rings (SSSR count). The Morgan fingerprint density at radius 3 is 2.79 bits per heavy atom. The van der Waals surface area contributed by atoms with Gasteiger partial charge >= 0.3 is 0 Å². The molecule has 0 saturated carbocycles. The summed E-state index contributed by atoms with van der Waals surface area (Å²) in [6, 6.07) is 3.97. The number of nitrogens with two attached hydrogens (primary N) is 1. The van der Waals surface area contributed by atoms with Crippen molar-refractivity contribution in [3.63, 3.8) is 0 Å².